The number of hydrogen-bond donors (Lipinski definition) is 2. The molecule has 0 atom stereocenters. The summed E-state index contributed by atoms with van der Waals surface area (Å²) < 4.78 is 0. The lowest BCUT2D eigenvalue weighted by Crippen LogP contribution is -2.13. The summed E-state index contributed by atoms with van der Waals surface area (Å²) in [6.45, 7) is 0. The van der Waals surface area contributed by atoms with Crippen LogP contribution in [-0.2, 0) is 4.79 Å². The first-order chi connectivity index (χ1) is 11.6. The summed E-state index contributed by atoms with van der Waals surface area (Å²) in [7, 11) is 0. The molecular formula is C20H17NO3. The fourth-order valence-electron chi connectivity index (χ4n) is 2.53. The molecule has 1 amide bonds. The molecule has 3 aromatic carbocycles. The summed E-state index contributed by atoms with van der Waals surface area (Å²) >= 11 is 0. The molecule has 0 aliphatic rings. The monoisotopic (exact) mass is 319 g/mol. The van der Waals surface area contributed by atoms with Crippen molar-refractivity contribution in [2.24, 2.45) is 0 Å². The van der Waals surface area contributed by atoms with E-state index in [1.54, 1.807) is 24.3 Å². The van der Waals surface area contributed by atoms with Crippen molar-refractivity contribution in [1.82, 2.24) is 0 Å². The van der Waals surface area contributed by atoms with E-state index in [0.717, 1.165) is 10.8 Å². The van der Waals surface area contributed by atoms with Gasteiger partial charge in [-0.3, -0.25) is 9.59 Å². The minimum atomic E-state index is -0.300. The zero-order chi connectivity index (χ0) is 16.9. The van der Waals surface area contributed by atoms with E-state index in [4.69, 9.17) is 0 Å². The van der Waals surface area contributed by atoms with Crippen molar-refractivity contribution >= 4 is 28.2 Å². The van der Waals surface area contributed by atoms with Gasteiger partial charge in [-0.25, -0.2) is 0 Å². The predicted octanol–water partition coefficient (Wildman–Crippen LogP) is 4.15. The van der Waals surface area contributed by atoms with Crippen LogP contribution in [0.2, 0.25) is 0 Å². The fourth-order valence-corrected chi connectivity index (χ4v) is 2.53. The Morgan fingerprint density at radius 2 is 1.54 bits per heavy atom. The molecule has 0 spiro atoms. The normalized spacial score (nSPS) is 10.5. The second kappa shape index (κ2) is 6.96. The summed E-state index contributed by atoms with van der Waals surface area (Å²) in [4.78, 5) is 24.2. The van der Waals surface area contributed by atoms with Crippen LogP contribution >= 0.6 is 0 Å². The number of para-hydroxylation sites is 2. The Kier molecular flexibility index (Phi) is 4.57. The number of hydrogen-bond acceptors (Lipinski definition) is 3. The van der Waals surface area contributed by atoms with Crippen molar-refractivity contribution in [3.63, 3.8) is 0 Å². The lowest BCUT2D eigenvalue weighted by atomic mass is 10.0. The molecule has 3 aromatic rings. The molecule has 0 saturated heterocycles. The molecule has 0 radical (unpaired) electrons. The number of Topliss-reactive ketones (excluding diaryl/α,β-unsaturated/α-hetero) is 1. The summed E-state index contributed by atoms with van der Waals surface area (Å²) in [5.74, 6) is -0.370. The van der Waals surface area contributed by atoms with Gasteiger partial charge in [-0.15, -0.1) is 0 Å². The first-order valence-electron chi connectivity index (χ1n) is 7.73. The number of carbonyl (C=O) groups is 2. The van der Waals surface area contributed by atoms with Crippen molar-refractivity contribution in [3.8, 4) is 5.75 Å². The first-order valence-corrected chi connectivity index (χ1v) is 7.73. The molecule has 0 heterocycles. The molecule has 0 bridgehead atoms. The lowest BCUT2D eigenvalue weighted by molar-refractivity contribution is -0.116. The molecule has 4 heteroatoms. The van der Waals surface area contributed by atoms with Crippen molar-refractivity contribution in [3.05, 3.63) is 72.3 Å². The standard InChI is InChI=1S/C20H17NO3/c22-18(16-10-9-14-5-1-2-6-15(14)13-16)11-12-20(24)21-17-7-3-4-8-19(17)23/h1-10,13,23H,11-12H2,(H,21,24). The van der Waals surface area contributed by atoms with Gasteiger partial charge in [0.25, 0.3) is 0 Å². The highest BCUT2D eigenvalue weighted by molar-refractivity contribution is 6.02. The minimum absolute atomic E-state index is 0.00621. The SMILES string of the molecule is O=C(CCC(=O)c1ccc2ccccc2c1)Nc1ccccc1O. The zero-order valence-corrected chi connectivity index (χ0v) is 13.0. The van der Waals surface area contributed by atoms with Crippen molar-refractivity contribution in [2.75, 3.05) is 5.32 Å². The largest absolute Gasteiger partial charge is 0.506 e. The van der Waals surface area contributed by atoms with Gasteiger partial charge in [-0.05, 0) is 29.0 Å². The van der Waals surface area contributed by atoms with E-state index in [1.165, 1.54) is 6.07 Å². The Bertz CT molecular complexity index is 902. The Labute approximate surface area is 139 Å². The molecule has 0 aliphatic heterocycles. The highest BCUT2D eigenvalue weighted by Crippen LogP contribution is 2.22. The number of phenols is 1. The molecular weight excluding hydrogens is 302 g/mol. The lowest BCUT2D eigenvalue weighted by Gasteiger charge is -2.07. The van der Waals surface area contributed by atoms with Gasteiger partial charge in [-0.2, -0.15) is 0 Å². The molecule has 2 N–H and O–H groups in total. The van der Waals surface area contributed by atoms with Crippen LogP contribution in [0.15, 0.2) is 66.7 Å². The number of ketones is 1. The second-order valence-corrected chi connectivity index (χ2v) is 5.55. The van der Waals surface area contributed by atoms with Crippen molar-refractivity contribution in [1.29, 1.82) is 0 Å². The van der Waals surface area contributed by atoms with Crippen LogP contribution in [0.4, 0.5) is 5.69 Å². The molecule has 0 aromatic heterocycles. The Morgan fingerprint density at radius 3 is 2.33 bits per heavy atom. The number of phenolic OH excluding ortho intramolecular Hbond substituents is 1. The van der Waals surface area contributed by atoms with E-state index in [1.807, 2.05) is 36.4 Å². The predicted molar refractivity (Wildman–Crippen MR) is 94.2 cm³/mol. The molecule has 0 saturated carbocycles. The highest BCUT2D eigenvalue weighted by atomic mass is 16.3. The third kappa shape index (κ3) is 3.60. The van der Waals surface area contributed by atoms with E-state index in [2.05, 4.69) is 5.32 Å². The third-order valence-electron chi connectivity index (χ3n) is 3.83. The van der Waals surface area contributed by atoms with Crippen LogP contribution in [0.1, 0.15) is 23.2 Å². The van der Waals surface area contributed by atoms with Crippen molar-refractivity contribution < 1.29 is 14.7 Å². The van der Waals surface area contributed by atoms with Crippen LogP contribution < -0.4 is 5.32 Å². The van der Waals surface area contributed by atoms with Gasteiger partial charge < -0.3 is 10.4 Å². The summed E-state index contributed by atoms with van der Waals surface area (Å²) in [6.07, 6.45) is 0.192. The average molecular weight is 319 g/mol. The van der Waals surface area contributed by atoms with Crippen molar-refractivity contribution in [2.45, 2.75) is 12.8 Å². The Morgan fingerprint density at radius 1 is 0.833 bits per heavy atom. The summed E-state index contributed by atoms with van der Waals surface area (Å²) in [6, 6.07) is 19.9. The number of aromatic hydroxyl groups is 1. The second-order valence-electron chi connectivity index (χ2n) is 5.55. The van der Waals surface area contributed by atoms with Gasteiger partial charge in [-0.1, -0.05) is 48.5 Å². The van der Waals surface area contributed by atoms with Gasteiger partial charge in [0, 0.05) is 18.4 Å². The molecule has 0 unspecified atom stereocenters. The number of fused-ring (bicyclic) bond motifs is 1. The van der Waals surface area contributed by atoms with Crippen LogP contribution in [0.3, 0.4) is 0 Å². The maximum absolute atomic E-state index is 12.3. The molecule has 0 fully saturated rings. The van der Waals surface area contributed by atoms with E-state index in [0.29, 0.717) is 11.3 Å². The molecule has 120 valence electrons. The van der Waals surface area contributed by atoms with Crippen LogP contribution in [0.5, 0.6) is 5.75 Å². The van der Waals surface area contributed by atoms with E-state index < -0.39 is 0 Å². The maximum Gasteiger partial charge on any atom is 0.224 e. The van der Waals surface area contributed by atoms with E-state index in [-0.39, 0.29) is 30.3 Å². The number of carbonyl (C=O) groups excluding carboxylic acids is 2. The van der Waals surface area contributed by atoms with E-state index in [9.17, 15) is 14.7 Å². The molecule has 4 nitrogen and oxygen atoms in total. The molecule has 3 rings (SSSR count). The number of anilines is 1. The van der Waals surface area contributed by atoms with Crippen LogP contribution in [0.25, 0.3) is 10.8 Å². The van der Waals surface area contributed by atoms with Crippen LogP contribution in [0, 0.1) is 0 Å². The Balaban J connectivity index is 1.62. The zero-order valence-electron chi connectivity index (χ0n) is 13.0. The summed E-state index contributed by atoms with van der Waals surface area (Å²) in [5.41, 5.74) is 0.949. The number of benzene rings is 3. The number of rotatable bonds is 5. The van der Waals surface area contributed by atoms with Gasteiger partial charge in [0.05, 0.1) is 5.69 Å². The Hall–Kier alpha value is -3.14. The number of nitrogens with one attached hydrogen (secondary N) is 1. The van der Waals surface area contributed by atoms with Gasteiger partial charge >= 0.3 is 0 Å². The molecule has 24 heavy (non-hydrogen) atoms. The third-order valence-corrected chi connectivity index (χ3v) is 3.83. The first kappa shape index (κ1) is 15.7. The summed E-state index contributed by atoms with van der Waals surface area (Å²) in [5, 5.41) is 14.3. The van der Waals surface area contributed by atoms with Gasteiger partial charge in [0.1, 0.15) is 5.75 Å². The molecule has 0 aliphatic carbocycles. The van der Waals surface area contributed by atoms with E-state index >= 15 is 0 Å². The maximum atomic E-state index is 12.3. The fraction of sp³-hybridized carbons (Fsp3) is 0.100. The van der Waals surface area contributed by atoms with Gasteiger partial charge in [0.2, 0.25) is 5.91 Å². The van der Waals surface area contributed by atoms with Gasteiger partial charge in [0.15, 0.2) is 5.78 Å². The highest BCUT2D eigenvalue weighted by Gasteiger charge is 2.11. The quantitative estimate of drug-likeness (QED) is 0.548. The average Bonchev–Trinajstić information content (AvgIpc) is 2.61. The van der Waals surface area contributed by atoms with Crippen LogP contribution in [-0.4, -0.2) is 16.8 Å². The topological polar surface area (TPSA) is 66.4 Å². The number of amides is 1. The smallest absolute Gasteiger partial charge is 0.224 e. The minimum Gasteiger partial charge on any atom is -0.506 e.